The largest absolute Gasteiger partial charge is 0.377 e. The van der Waals surface area contributed by atoms with E-state index in [0.717, 1.165) is 0 Å². The number of halogens is 1. The average Bonchev–Trinajstić information content (AvgIpc) is 2.12. The fourth-order valence-electron chi connectivity index (χ4n) is 0.884. The van der Waals surface area contributed by atoms with Crippen LogP contribution in [-0.2, 0) is 18.7 Å². The van der Waals surface area contributed by atoms with Crippen LogP contribution in [-0.4, -0.2) is 40.9 Å². The second-order valence-corrected chi connectivity index (χ2v) is 4.73. The first-order valence-electron chi connectivity index (χ1n) is 3.45. The Kier molecular flexibility index (Phi) is 3.73. The topological polar surface area (TPSA) is 64.6 Å². The van der Waals surface area contributed by atoms with E-state index in [4.69, 9.17) is 20.2 Å². The number of rotatable bonds is 2. The van der Waals surface area contributed by atoms with Gasteiger partial charge in [-0.15, -0.1) is 0 Å². The zero-order chi connectivity index (χ0) is 9.03. The lowest BCUT2D eigenvalue weighted by Crippen LogP contribution is -2.38. The molecule has 0 bridgehead atoms. The fourth-order valence-corrected chi connectivity index (χ4v) is 1.80. The molecule has 1 fully saturated rings. The highest BCUT2D eigenvalue weighted by Crippen LogP contribution is 1.99. The Morgan fingerprint density at radius 2 is 1.75 bits per heavy atom. The summed E-state index contributed by atoms with van der Waals surface area (Å²) < 4.78 is 33.4. The normalized spacial score (nSPS) is 22.1. The van der Waals surface area contributed by atoms with Crippen LogP contribution in [0, 0.1) is 0 Å². The lowest BCUT2D eigenvalue weighted by atomic mass is 10.4. The van der Waals surface area contributed by atoms with Crippen molar-refractivity contribution in [1.82, 2.24) is 4.72 Å². The van der Waals surface area contributed by atoms with Gasteiger partial charge in [0.25, 0.3) is 9.24 Å². The lowest BCUT2D eigenvalue weighted by molar-refractivity contribution is 0.103. The summed E-state index contributed by atoms with van der Waals surface area (Å²) in [5.74, 6) is 0. The van der Waals surface area contributed by atoms with E-state index in [1.54, 1.807) is 0 Å². The van der Waals surface area contributed by atoms with Gasteiger partial charge in [-0.25, -0.2) is 0 Å². The van der Waals surface area contributed by atoms with Crippen LogP contribution in [0.3, 0.4) is 0 Å². The van der Waals surface area contributed by atoms with Crippen LogP contribution in [0.5, 0.6) is 0 Å². The van der Waals surface area contributed by atoms with Crippen LogP contribution >= 0.6 is 10.7 Å². The van der Waals surface area contributed by atoms with Crippen molar-refractivity contribution in [3.05, 3.63) is 0 Å². The molecule has 0 atom stereocenters. The first kappa shape index (κ1) is 10.2. The maximum atomic E-state index is 10.6. The van der Waals surface area contributed by atoms with E-state index in [9.17, 15) is 8.42 Å². The fraction of sp³-hybridized carbons (Fsp3) is 1.00. The third-order valence-electron chi connectivity index (χ3n) is 1.32. The lowest BCUT2D eigenvalue weighted by Gasteiger charge is -2.11. The highest BCUT2D eigenvalue weighted by molar-refractivity contribution is 8.12. The van der Waals surface area contributed by atoms with Crippen molar-refractivity contribution in [3.63, 3.8) is 0 Å². The first-order chi connectivity index (χ1) is 5.58. The number of nitrogens with one attached hydrogen (secondary N) is 1. The Hall–Kier alpha value is 0.120. The molecule has 0 aromatic carbocycles. The zero-order valence-electron chi connectivity index (χ0n) is 6.32. The number of hydrogen-bond donors (Lipinski definition) is 1. The smallest absolute Gasteiger partial charge is 0.297 e. The molecule has 12 heavy (non-hydrogen) atoms. The summed E-state index contributed by atoms with van der Waals surface area (Å²) in [6.07, 6.45) is 0. The summed E-state index contributed by atoms with van der Waals surface area (Å²) in [5, 5.41) is 0. The molecule has 1 rings (SSSR count). The summed E-state index contributed by atoms with van der Waals surface area (Å²) in [5.41, 5.74) is 0. The minimum Gasteiger partial charge on any atom is -0.377 e. The summed E-state index contributed by atoms with van der Waals surface area (Å²) in [6, 6.07) is -0.380. The molecule has 1 aliphatic rings. The molecule has 0 radical (unpaired) electrons. The van der Waals surface area contributed by atoms with Crippen molar-refractivity contribution in [2.45, 2.75) is 6.04 Å². The van der Waals surface area contributed by atoms with Crippen molar-refractivity contribution in [1.29, 1.82) is 0 Å². The molecule has 0 spiro atoms. The molecule has 72 valence electrons. The molecular weight excluding hydrogens is 206 g/mol. The van der Waals surface area contributed by atoms with Gasteiger partial charge in [0.05, 0.1) is 32.5 Å². The van der Waals surface area contributed by atoms with Crippen LogP contribution < -0.4 is 4.72 Å². The van der Waals surface area contributed by atoms with Crippen molar-refractivity contribution in [3.8, 4) is 0 Å². The van der Waals surface area contributed by atoms with E-state index in [0.29, 0.717) is 26.4 Å². The monoisotopic (exact) mass is 215 g/mol. The van der Waals surface area contributed by atoms with Crippen LogP contribution in [0.1, 0.15) is 0 Å². The highest BCUT2D eigenvalue weighted by atomic mass is 35.7. The molecule has 0 aromatic heterocycles. The van der Waals surface area contributed by atoms with Crippen LogP contribution in [0.25, 0.3) is 0 Å². The van der Waals surface area contributed by atoms with Gasteiger partial charge in [-0.2, -0.15) is 13.1 Å². The van der Waals surface area contributed by atoms with E-state index in [-0.39, 0.29) is 6.04 Å². The van der Waals surface area contributed by atoms with Gasteiger partial charge in [-0.05, 0) is 0 Å². The van der Waals surface area contributed by atoms with Gasteiger partial charge >= 0.3 is 0 Å². The Bertz CT molecular complexity index is 222. The Balaban J connectivity index is 2.40. The highest BCUT2D eigenvalue weighted by Gasteiger charge is 2.17. The molecule has 1 N–H and O–H groups in total. The van der Waals surface area contributed by atoms with E-state index < -0.39 is 9.24 Å². The van der Waals surface area contributed by atoms with Crippen molar-refractivity contribution < 1.29 is 17.9 Å². The van der Waals surface area contributed by atoms with Gasteiger partial charge < -0.3 is 9.47 Å². The summed E-state index contributed by atoms with van der Waals surface area (Å²) in [4.78, 5) is 0. The Morgan fingerprint density at radius 3 is 2.17 bits per heavy atom. The molecule has 1 aliphatic heterocycles. The molecule has 0 amide bonds. The summed E-state index contributed by atoms with van der Waals surface area (Å²) >= 11 is 0. The Labute approximate surface area is 75.5 Å². The molecule has 1 heterocycles. The molecular formula is C5H10ClNO4S. The van der Waals surface area contributed by atoms with Crippen molar-refractivity contribution in [2.24, 2.45) is 0 Å². The summed E-state index contributed by atoms with van der Waals surface area (Å²) in [7, 11) is 1.29. The van der Waals surface area contributed by atoms with Gasteiger partial charge in [-0.1, -0.05) is 0 Å². The number of hydrogen-bond acceptors (Lipinski definition) is 4. The third-order valence-corrected chi connectivity index (χ3v) is 2.20. The van der Waals surface area contributed by atoms with Crippen molar-refractivity contribution >= 4 is 19.9 Å². The van der Waals surface area contributed by atoms with Gasteiger partial charge in [-0.3, -0.25) is 0 Å². The first-order valence-corrected chi connectivity index (χ1v) is 5.76. The standard InChI is InChI=1S/C5H10ClNO4S/c6-12(8,9)7-5-3-10-1-2-11-4-5/h5,7H,1-4H2. The maximum absolute atomic E-state index is 10.6. The van der Waals surface area contributed by atoms with Crippen LogP contribution in [0.4, 0.5) is 0 Å². The van der Waals surface area contributed by atoms with E-state index in [2.05, 4.69) is 4.72 Å². The van der Waals surface area contributed by atoms with Crippen LogP contribution in [0.15, 0.2) is 0 Å². The molecule has 0 saturated carbocycles. The van der Waals surface area contributed by atoms with Crippen molar-refractivity contribution in [2.75, 3.05) is 26.4 Å². The van der Waals surface area contributed by atoms with E-state index >= 15 is 0 Å². The minimum atomic E-state index is -3.68. The van der Waals surface area contributed by atoms with Gasteiger partial charge in [0.1, 0.15) is 0 Å². The summed E-state index contributed by atoms with van der Waals surface area (Å²) in [6.45, 7) is 1.57. The quantitative estimate of drug-likeness (QED) is 0.630. The maximum Gasteiger partial charge on any atom is 0.297 e. The zero-order valence-corrected chi connectivity index (χ0v) is 7.90. The van der Waals surface area contributed by atoms with Gasteiger partial charge in [0.15, 0.2) is 0 Å². The molecule has 0 unspecified atom stereocenters. The predicted molar refractivity (Wildman–Crippen MR) is 43.3 cm³/mol. The third kappa shape index (κ3) is 4.22. The molecule has 5 nitrogen and oxygen atoms in total. The Morgan fingerprint density at radius 1 is 1.25 bits per heavy atom. The SMILES string of the molecule is O=S(=O)(Cl)NC1COCCOC1. The van der Waals surface area contributed by atoms with Crippen LogP contribution in [0.2, 0.25) is 0 Å². The van der Waals surface area contributed by atoms with E-state index in [1.807, 2.05) is 0 Å². The van der Waals surface area contributed by atoms with E-state index in [1.165, 1.54) is 0 Å². The van der Waals surface area contributed by atoms with Gasteiger partial charge in [0, 0.05) is 10.7 Å². The molecule has 7 heteroatoms. The van der Waals surface area contributed by atoms with Gasteiger partial charge in [0.2, 0.25) is 0 Å². The second-order valence-electron chi connectivity index (χ2n) is 2.40. The molecule has 1 saturated heterocycles. The predicted octanol–water partition coefficient (Wildman–Crippen LogP) is -0.525. The average molecular weight is 216 g/mol. The molecule has 0 aromatic rings. The second kappa shape index (κ2) is 4.38. The molecule has 0 aliphatic carbocycles. The minimum absolute atomic E-state index is 0.298. The number of ether oxygens (including phenoxy) is 2.